The first kappa shape index (κ1) is 12.9. The molecule has 2 unspecified atom stereocenters. The molecule has 19 heavy (non-hydrogen) atoms. The zero-order chi connectivity index (χ0) is 13.2. The number of benzene rings is 1. The molecule has 3 rings (SSSR count). The van der Waals surface area contributed by atoms with Crippen molar-refractivity contribution in [3.05, 3.63) is 30.1 Å². The zero-order valence-corrected chi connectivity index (χ0v) is 12.2. The summed E-state index contributed by atoms with van der Waals surface area (Å²) in [5, 5.41) is 4.95. The van der Waals surface area contributed by atoms with Gasteiger partial charge < -0.3 is 10.3 Å². The molecule has 1 aliphatic rings. The lowest BCUT2D eigenvalue weighted by Crippen LogP contribution is -2.16. The molecule has 2 aromatic rings. The first-order chi connectivity index (χ1) is 9.25. The van der Waals surface area contributed by atoms with E-state index in [9.17, 15) is 0 Å². The molecule has 1 aromatic carbocycles. The molecule has 0 radical (unpaired) electrons. The molecule has 0 aliphatic carbocycles. The molecular weight excluding hydrogens is 278 g/mol. The maximum atomic E-state index is 5.93. The van der Waals surface area contributed by atoms with Gasteiger partial charge in [-0.25, -0.2) is 0 Å². The number of nitrogens with two attached hydrogens (primary N) is 1. The summed E-state index contributed by atoms with van der Waals surface area (Å²) in [4.78, 5) is 4.52. The Bertz CT molecular complexity index is 573. The summed E-state index contributed by atoms with van der Waals surface area (Å²) in [6.45, 7) is 2.22. The fourth-order valence-electron chi connectivity index (χ4n) is 2.07. The number of thioether (sulfide) groups is 2. The molecule has 2 N–H and O–H groups in total. The van der Waals surface area contributed by atoms with E-state index < -0.39 is 0 Å². The first-order valence-electron chi connectivity index (χ1n) is 6.17. The van der Waals surface area contributed by atoms with Crippen molar-refractivity contribution in [3.63, 3.8) is 0 Å². The molecule has 6 heteroatoms. The van der Waals surface area contributed by atoms with Crippen molar-refractivity contribution in [1.82, 2.24) is 10.1 Å². The highest BCUT2D eigenvalue weighted by molar-refractivity contribution is 8.06. The maximum Gasteiger partial charge on any atom is 0.260 e. The molecule has 0 amide bonds. The Kier molecular flexibility index (Phi) is 3.70. The predicted octanol–water partition coefficient (Wildman–Crippen LogP) is 3.23. The third-order valence-corrected chi connectivity index (χ3v) is 6.16. The molecule has 1 aromatic heterocycles. The van der Waals surface area contributed by atoms with Crippen molar-refractivity contribution in [3.8, 4) is 11.5 Å². The van der Waals surface area contributed by atoms with Crippen LogP contribution in [0.25, 0.3) is 11.5 Å². The van der Waals surface area contributed by atoms with Gasteiger partial charge in [-0.1, -0.05) is 24.2 Å². The number of rotatable bonds is 2. The summed E-state index contributed by atoms with van der Waals surface area (Å²) in [5.74, 6) is 3.62. The third kappa shape index (κ3) is 2.60. The summed E-state index contributed by atoms with van der Waals surface area (Å²) in [6, 6.07) is 7.56. The first-order valence-corrected chi connectivity index (χ1v) is 8.27. The Morgan fingerprint density at radius 2 is 2.05 bits per heavy atom. The molecule has 0 spiro atoms. The van der Waals surface area contributed by atoms with Crippen LogP contribution in [-0.4, -0.2) is 26.9 Å². The van der Waals surface area contributed by atoms with Crippen LogP contribution in [0.4, 0.5) is 5.69 Å². The second kappa shape index (κ2) is 5.46. The number of aromatic nitrogens is 2. The van der Waals surface area contributed by atoms with Crippen molar-refractivity contribution >= 4 is 29.2 Å². The molecule has 100 valence electrons. The Hall–Kier alpha value is -1.14. The maximum absolute atomic E-state index is 5.93. The molecular formula is C13H15N3OS2. The van der Waals surface area contributed by atoms with Gasteiger partial charge in [-0.3, -0.25) is 0 Å². The van der Waals surface area contributed by atoms with E-state index in [-0.39, 0.29) is 0 Å². The van der Waals surface area contributed by atoms with Gasteiger partial charge in [0, 0.05) is 22.4 Å². The minimum absolute atomic E-state index is 0.307. The van der Waals surface area contributed by atoms with E-state index >= 15 is 0 Å². The van der Waals surface area contributed by atoms with Crippen LogP contribution >= 0.6 is 23.5 Å². The number of nitrogens with zero attached hydrogens (tertiary/aromatic N) is 2. The lowest BCUT2D eigenvalue weighted by molar-refractivity contribution is 0.422. The van der Waals surface area contributed by atoms with Crippen LogP contribution < -0.4 is 5.73 Å². The van der Waals surface area contributed by atoms with Crippen molar-refractivity contribution in [2.75, 3.05) is 17.2 Å². The second-order valence-corrected chi connectivity index (χ2v) is 7.15. The average molecular weight is 293 g/mol. The summed E-state index contributed by atoms with van der Waals surface area (Å²) >= 11 is 3.86. The predicted molar refractivity (Wildman–Crippen MR) is 81.3 cm³/mol. The number of anilines is 1. The highest BCUT2D eigenvalue weighted by atomic mass is 32.2. The molecule has 0 bridgehead atoms. The Labute approximate surface area is 120 Å². The van der Waals surface area contributed by atoms with Gasteiger partial charge in [0.05, 0.1) is 10.8 Å². The van der Waals surface area contributed by atoms with Crippen LogP contribution in [0.1, 0.15) is 18.0 Å². The molecule has 1 aliphatic heterocycles. The van der Waals surface area contributed by atoms with E-state index in [0.29, 0.717) is 22.1 Å². The number of nitrogen functional groups attached to an aromatic ring is 1. The molecule has 4 nitrogen and oxygen atoms in total. The fourth-order valence-corrected chi connectivity index (χ4v) is 4.75. The highest BCUT2D eigenvalue weighted by Gasteiger charge is 2.28. The van der Waals surface area contributed by atoms with Crippen molar-refractivity contribution in [1.29, 1.82) is 0 Å². The van der Waals surface area contributed by atoms with Gasteiger partial charge in [-0.2, -0.15) is 16.7 Å². The van der Waals surface area contributed by atoms with Crippen LogP contribution in [0.15, 0.2) is 28.8 Å². The van der Waals surface area contributed by atoms with Crippen LogP contribution in [0.2, 0.25) is 0 Å². The van der Waals surface area contributed by atoms with Crippen LogP contribution in [-0.2, 0) is 0 Å². The summed E-state index contributed by atoms with van der Waals surface area (Å²) in [6.07, 6.45) is 0. The van der Waals surface area contributed by atoms with Crippen LogP contribution in [0.3, 0.4) is 0 Å². The van der Waals surface area contributed by atoms with Gasteiger partial charge in [-0.15, -0.1) is 11.8 Å². The number of para-hydroxylation sites is 1. The minimum atomic E-state index is 0.307. The summed E-state index contributed by atoms with van der Waals surface area (Å²) in [7, 11) is 0. The standard InChI is InChI=1S/C13H15N3OS2/c1-8-11(19-7-6-18-8)12-15-13(17-16-12)9-4-2-3-5-10(9)14/h2-5,8,11H,6-7,14H2,1H3. The Balaban J connectivity index is 1.89. The van der Waals surface area contributed by atoms with Crippen molar-refractivity contribution in [2.45, 2.75) is 17.4 Å². The van der Waals surface area contributed by atoms with Gasteiger partial charge in [0.1, 0.15) is 0 Å². The van der Waals surface area contributed by atoms with Crippen LogP contribution in [0.5, 0.6) is 0 Å². The fraction of sp³-hybridized carbons (Fsp3) is 0.385. The molecule has 1 saturated heterocycles. The van der Waals surface area contributed by atoms with Gasteiger partial charge in [0.2, 0.25) is 0 Å². The van der Waals surface area contributed by atoms with Crippen molar-refractivity contribution in [2.24, 2.45) is 0 Å². The minimum Gasteiger partial charge on any atom is -0.398 e. The SMILES string of the molecule is CC1SCCSC1c1noc(-c2ccccc2N)n1. The number of hydrogen-bond acceptors (Lipinski definition) is 6. The van der Waals surface area contributed by atoms with Gasteiger partial charge in [0.25, 0.3) is 5.89 Å². The highest BCUT2D eigenvalue weighted by Crippen LogP contribution is 2.41. The van der Waals surface area contributed by atoms with E-state index in [1.54, 1.807) is 0 Å². The van der Waals surface area contributed by atoms with E-state index in [1.807, 2.05) is 47.8 Å². The van der Waals surface area contributed by atoms with E-state index in [2.05, 4.69) is 17.1 Å². The second-order valence-electron chi connectivity index (χ2n) is 4.41. The van der Waals surface area contributed by atoms with Gasteiger partial charge in [-0.05, 0) is 12.1 Å². The number of hydrogen-bond donors (Lipinski definition) is 1. The Morgan fingerprint density at radius 1 is 1.26 bits per heavy atom. The topological polar surface area (TPSA) is 64.9 Å². The largest absolute Gasteiger partial charge is 0.398 e. The molecule has 2 heterocycles. The smallest absolute Gasteiger partial charge is 0.260 e. The Morgan fingerprint density at radius 3 is 2.84 bits per heavy atom. The lowest BCUT2D eigenvalue weighted by atomic mass is 10.2. The quantitative estimate of drug-likeness (QED) is 0.858. The third-order valence-electron chi connectivity index (χ3n) is 3.08. The monoisotopic (exact) mass is 293 g/mol. The van der Waals surface area contributed by atoms with Gasteiger partial charge >= 0.3 is 0 Å². The van der Waals surface area contributed by atoms with Crippen LogP contribution in [0, 0.1) is 0 Å². The lowest BCUT2D eigenvalue weighted by Gasteiger charge is -2.24. The summed E-state index contributed by atoms with van der Waals surface area (Å²) < 4.78 is 5.37. The zero-order valence-electron chi connectivity index (χ0n) is 10.6. The van der Waals surface area contributed by atoms with E-state index in [1.165, 1.54) is 5.75 Å². The molecule has 2 atom stereocenters. The van der Waals surface area contributed by atoms with E-state index in [0.717, 1.165) is 17.1 Å². The normalized spacial score (nSPS) is 23.4. The van der Waals surface area contributed by atoms with Gasteiger partial charge in [0.15, 0.2) is 5.82 Å². The molecule has 1 fully saturated rings. The molecule has 0 saturated carbocycles. The average Bonchev–Trinajstić information content (AvgIpc) is 2.89. The van der Waals surface area contributed by atoms with E-state index in [4.69, 9.17) is 10.3 Å². The summed E-state index contributed by atoms with van der Waals surface area (Å²) in [5.41, 5.74) is 7.40. The van der Waals surface area contributed by atoms with Crippen molar-refractivity contribution < 1.29 is 4.52 Å².